The number of rotatable bonds is 4. The van der Waals surface area contributed by atoms with E-state index in [0.717, 1.165) is 5.56 Å². The molecule has 0 fully saturated rings. The number of hydrogen-bond donors (Lipinski definition) is 1. The molecule has 6 heteroatoms. The zero-order valence-electron chi connectivity index (χ0n) is 12.5. The largest absolute Gasteiger partial charge is 0.465 e. The molecule has 0 aliphatic carbocycles. The van der Waals surface area contributed by atoms with Crippen LogP contribution in [0.25, 0.3) is 0 Å². The lowest BCUT2D eigenvalue weighted by molar-refractivity contribution is 0.276. The van der Waals surface area contributed by atoms with Crippen LogP contribution in [-0.4, -0.2) is 20.6 Å². The second kappa shape index (κ2) is 5.54. The zero-order valence-corrected chi connectivity index (χ0v) is 13.4. The third-order valence-electron chi connectivity index (χ3n) is 3.47. The molecule has 0 bridgehead atoms. The highest BCUT2D eigenvalue weighted by Gasteiger charge is 2.30. The highest BCUT2D eigenvalue weighted by atomic mass is 32.2. The van der Waals surface area contributed by atoms with E-state index >= 15 is 0 Å². The van der Waals surface area contributed by atoms with Crippen LogP contribution in [0.5, 0.6) is 0 Å². The van der Waals surface area contributed by atoms with Crippen LogP contribution in [0.4, 0.5) is 5.69 Å². The summed E-state index contributed by atoms with van der Waals surface area (Å²) in [7, 11) is -2.29. The quantitative estimate of drug-likeness (QED) is 0.942. The van der Waals surface area contributed by atoms with Crippen molar-refractivity contribution in [1.82, 2.24) is 0 Å². The molecule has 0 amide bonds. The molecule has 1 N–H and O–H groups in total. The fraction of sp³-hybridized carbons (Fsp3) is 0.333. The lowest BCUT2D eigenvalue weighted by Crippen LogP contribution is -2.27. The summed E-state index contributed by atoms with van der Waals surface area (Å²) in [6.45, 7) is 4.75. The molecule has 1 aromatic carbocycles. The second-order valence-electron chi connectivity index (χ2n) is 4.99. The van der Waals surface area contributed by atoms with E-state index in [1.165, 1.54) is 11.4 Å². The summed E-state index contributed by atoms with van der Waals surface area (Å²) < 4.78 is 32.2. The maximum Gasteiger partial charge on any atom is 0.267 e. The van der Waals surface area contributed by atoms with E-state index in [2.05, 4.69) is 0 Å². The number of aryl methyl sites for hydroxylation is 3. The molecule has 114 valence electrons. The third-order valence-corrected chi connectivity index (χ3v) is 5.45. The minimum absolute atomic E-state index is 0.0477. The molecule has 0 radical (unpaired) electrons. The Bertz CT molecular complexity index is 762. The first kappa shape index (κ1) is 15.6. The van der Waals surface area contributed by atoms with Crippen molar-refractivity contribution in [1.29, 1.82) is 0 Å². The van der Waals surface area contributed by atoms with Crippen LogP contribution in [0, 0.1) is 20.8 Å². The molecular weight excluding hydrogens is 290 g/mol. The van der Waals surface area contributed by atoms with E-state index in [9.17, 15) is 13.5 Å². The molecule has 5 nitrogen and oxygen atoms in total. The molecule has 0 aliphatic heterocycles. The van der Waals surface area contributed by atoms with Gasteiger partial charge in [0.15, 0.2) is 0 Å². The molecule has 0 saturated carbocycles. The van der Waals surface area contributed by atoms with E-state index < -0.39 is 10.0 Å². The van der Waals surface area contributed by atoms with Gasteiger partial charge in [0, 0.05) is 12.6 Å². The number of aliphatic hydroxyl groups is 1. The van der Waals surface area contributed by atoms with E-state index in [1.54, 1.807) is 32.0 Å². The third kappa shape index (κ3) is 2.69. The van der Waals surface area contributed by atoms with Gasteiger partial charge in [-0.25, -0.2) is 8.42 Å². The summed E-state index contributed by atoms with van der Waals surface area (Å²) in [6, 6.07) is 7.22. The average molecular weight is 309 g/mol. The number of hydrogen-bond acceptors (Lipinski definition) is 4. The lowest BCUT2D eigenvalue weighted by atomic mass is 10.2. The standard InChI is InChI=1S/C15H19NO4S/c1-10-6-5-7-13(8-10)16(4)21(18,19)15-12(3)20-11(2)14(15)9-17/h5-8,17H,9H2,1-4H3. The van der Waals surface area contributed by atoms with Gasteiger partial charge in [0.25, 0.3) is 10.0 Å². The van der Waals surface area contributed by atoms with Gasteiger partial charge in [0.05, 0.1) is 12.3 Å². The second-order valence-corrected chi connectivity index (χ2v) is 6.90. The first-order chi connectivity index (χ1) is 9.78. The fourth-order valence-corrected chi connectivity index (χ4v) is 3.92. The van der Waals surface area contributed by atoms with Crippen molar-refractivity contribution in [3.05, 3.63) is 46.9 Å². The molecule has 21 heavy (non-hydrogen) atoms. The number of benzene rings is 1. The van der Waals surface area contributed by atoms with Crippen molar-refractivity contribution < 1.29 is 17.9 Å². The van der Waals surface area contributed by atoms with Crippen LogP contribution in [0.1, 0.15) is 22.6 Å². The molecule has 0 spiro atoms. The minimum Gasteiger partial charge on any atom is -0.465 e. The van der Waals surface area contributed by atoms with Crippen LogP contribution in [0.3, 0.4) is 0 Å². The zero-order chi connectivity index (χ0) is 15.8. The smallest absolute Gasteiger partial charge is 0.267 e. The van der Waals surface area contributed by atoms with Gasteiger partial charge >= 0.3 is 0 Å². The number of anilines is 1. The van der Waals surface area contributed by atoms with E-state index in [0.29, 0.717) is 17.0 Å². The Morgan fingerprint density at radius 2 is 1.86 bits per heavy atom. The lowest BCUT2D eigenvalue weighted by Gasteiger charge is -2.20. The Balaban J connectivity index is 2.57. The van der Waals surface area contributed by atoms with Crippen LogP contribution in [-0.2, 0) is 16.6 Å². The topological polar surface area (TPSA) is 70.8 Å². The summed E-state index contributed by atoms with van der Waals surface area (Å²) in [4.78, 5) is 0.0477. The van der Waals surface area contributed by atoms with Crippen molar-refractivity contribution in [2.75, 3.05) is 11.4 Å². The van der Waals surface area contributed by atoms with Crippen molar-refractivity contribution in [2.45, 2.75) is 32.3 Å². The Hall–Kier alpha value is -1.79. The van der Waals surface area contributed by atoms with Crippen LogP contribution in [0.15, 0.2) is 33.6 Å². The Kier molecular flexibility index (Phi) is 4.11. The van der Waals surface area contributed by atoms with Crippen molar-refractivity contribution in [3.8, 4) is 0 Å². The fourth-order valence-electron chi connectivity index (χ4n) is 2.33. The maximum absolute atomic E-state index is 12.8. The van der Waals surface area contributed by atoms with Crippen molar-refractivity contribution in [2.24, 2.45) is 0 Å². The molecule has 0 atom stereocenters. The molecule has 0 aliphatic rings. The Labute approximate surface area is 124 Å². The van der Waals surface area contributed by atoms with Gasteiger partial charge in [-0.2, -0.15) is 0 Å². The normalized spacial score (nSPS) is 11.7. The summed E-state index contributed by atoms with van der Waals surface area (Å²) in [6.07, 6.45) is 0. The summed E-state index contributed by atoms with van der Waals surface area (Å²) in [5, 5.41) is 9.43. The average Bonchev–Trinajstić information content (AvgIpc) is 2.72. The maximum atomic E-state index is 12.8. The van der Waals surface area contributed by atoms with Gasteiger partial charge in [-0.05, 0) is 38.5 Å². The SMILES string of the molecule is Cc1cccc(N(C)S(=O)(=O)c2c(C)oc(C)c2CO)c1. The molecular formula is C15H19NO4S. The number of aliphatic hydroxyl groups excluding tert-OH is 1. The summed E-state index contributed by atoms with van der Waals surface area (Å²) in [5.41, 5.74) is 1.85. The van der Waals surface area contributed by atoms with Crippen LogP contribution >= 0.6 is 0 Å². The molecule has 1 aromatic heterocycles. The molecule has 2 aromatic rings. The predicted octanol–water partition coefficient (Wildman–Crippen LogP) is 2.52. The minimum atomic E-state index is -3.78. The number of nitrogens with zero attached hydrogens (tertiary/aromatic N) is 1. The summed E-state index contributed by atoms with van der Waals surface area (Å²) >= 11 is 0. The first-order valence-electron chi connectivity index (χ1n) is 6.54. The van der Waals surface area contributed by atoms with Gasteiger partial charge in [-0.1, -0.05) is 12.1 Å². The van der Waals surface area contributed by atoms with Crippen molar-refractivity contribution in [3.63, 3.8) is 0 Å². The summed E-state index contributed by atoms with van der Waals surface area (Å²) in [5.74, 6) is 0.710. The Morgan fingerprint density at radius 1 is 1.19 bits per heavy atom. The molecule has 2 rings (SSSR count). The van der Waals surface area contributed by atoms with Gasteiger partial charge in [0.1, 0.15) is 16.4 Å². The van der Waals surface area contributed by atoms with Gasteiger partial charge < -0.3 is 9.52 Å². The molecule has 1 heterocycles. The van der Waals surface area contributed by atoms with Gasteiger partial charge in [-0.15, -0.1) is 0 Å². The molecule has 0 saturated heterocycles. The van der Waals surface area contributed by atoms with Crippen LogP contribution in [0.2, 0.25) is 0 Å². The highest BCUT2D eigenvalue weighted by Crippen LogP contribution is 2.31. The van der Waals surface area contributed by atoms with Gasteiger partial charge in [0.2, 0.25) is 0 Å². The number of furan rings is 1. The Morgan fingerprint density at radius 3 is 2.43 bits per heavy atom. The highest BCUT2D eigenvalue weighted by molar-refractivity contribution is 7.92. The van der Waals surface area contributed by atoms with Gasteiger partial charge in [-0.3, -0.25) is 4.31 Å². The van der Waals surface area contributed by atoms with E-state index in [1.807, 2.05) is 13.0 Å². The first-order valence-corrected chi connectivity index (χ1v) is 7.98. The van der Waals surface area contributed by atoms with E-state index in [-0.39, 0.29) is 17.3 Å². The molecule has 0 unspecified atom stereocenters. The monoisotopic (exact) mass is 309 g/mol. The van der Waals surface area contributed by atoms with E-state index in [4.69, 9.17) is 4.42 Å². The number of sulfonamides is 1. The predicted molar refractivity (Wildman–Crippen MR) is 80.9 cm³/mol. The van der Waals surface area contributed by atoms with Crippen molar-refractivity contribution >= 4 is 15.7 Å². The van der Waals surface area contributed by atoms with Crippen LogP contribution < -0.4 is 4.31 Å².